The van der Waals surface area contributed by atoms with Crippen molar-refractivity contribution in [2.75, 3.05) is 6.61 Å². The zero-order chi connectivity index (χ0) is 12.8. The van der Waals surface area contributed by atoms with Crippen molar-refractivity contribution in [2.24, 2.45) is 0 Å². The summed E-state index contributed by atoms with van der Waals surface area (Å²) >= 11 is 5.90. The minimum Gasteiger partial charge on any atom is -0.396 e. The van der Waals surface area contributed by atoms with E-state index >= 15 is 0 Å². The van der Waals surface area contributed by atoms with Crippen molar-refractivity contribution in [1.29, 1.82) is 0 Å². The predicted molar refractivity (Wildman–Crippen MR) is 69.4 cm³/mol. The highest BCUT2D eigenvalue weighted by Gasteiger charge is 2.10. The molecule has 3 nitrogen and oxygen atoms in total. The predicted octanol–water partition coefficient (Wildman–Crippen LogP) is 2.54. The average Bonchev–Trinajstić information content (AvgIpc) is 2.30. The van der Waals surface area contributed by atoms with Gasteiger partial charge in [-0.1, -0.05) is 11.6 Å². The lowest BCUT2D eigenvalue weighted by Crippen LogP contribution is -2.32. The van der Waals surface area contributed by atoms with Gasteiger partial charge in [0.05, 0.1) is 0 Å². The van der Waals surface area contributed by atoms with Crippen LogP contribution in [0, 0.1) is 6.92 Å². The molecule has 1 aromatic carbocycles. The van der Waals surface area contributed by atoms with Gasteiger partial charge in [-0.2, -0.15) is 0 Å². The Morgan fingerprint density at radius 3 is 2.82 bits per heavy atom. The van der Waals surface area contributed by atoms with Gasteiger partial charge in [0.15, 0.2) is 0 Å². The molecule has 0 saturated carbocycles. The van der Waals surface area contributed by atoms with E-state index in [-0.39, 0.29) is 18.6 Å². The normalized spacial score (nSPS) is 12.2. The van der Waals surface area contributed by atoms with E-state index in [2.05, 4.69) is 5.32 Å². The number of carbonyl (C=O) groups excluding carboxylic acids is 1. The van der Waals surface area contributed by atoms with Gasteiger partial charge in [0.2, 0.25) is 0 Å². The van der Waals surface area contributed by atoms with E-state index in [1.807, 2.05) is 13.8 Å². The van der Waals surface area contributed by atoms with Gasteiger partial charge in [-0.3, -0.25) is 4.79 Å². The Labute approximate surface area is 107 Å². The summed E-state index contributed by atoms with van der Waals surface area (Å²) in [5.41, 5.74) is 1.50. The zero-order valence-electron chi connectivity index (χ0n) is 10.2. The quantitative estimate of drug-likeness (QED) is 0.850. The second-order valence-electron chi connectivity index (χ2n) is 4.20. The minimum atomic E-state index is -0.102. The van der Waals surface area contributed by atoms with Gasteiger partial charge in [0, 0.05) is 23.2 Å². The fourth-order valence-corrected chi connectivity index (χ4v) is 1.68. The van der Waals surface area contributed by atoms with Crippen LogP contribution < -0.4 is 5.32 Å². The van der Waals surface area contributed by atoms with Crippen LogP contribution in [0.3, 0.4) is 0 Å². The van der Waals surface area contributed by atoms with Crippen LogP contribution >= 0.6 is 11.6 Å². The van der Waals surface area contributed by atoms with Crippen molar-refractivity contribution in [3.05, 3.63) is 34.3 Å². The van der Waals surface area contributed by atoms with E-state index in [1.165, 1.54) is 0 Å². The van der Waals surface area contributed by atoms with Crippen LogP contribution in [0.2, 0.25) is 5.02 Å². The second-order valence-corrected chi connectivity index (χ2v) is 4.61. The third-order valence-corrected chi connectivity index (χ3v) is 3.02. The molecule has 94 valence electrons. The smallest absolute Gasteiger partial charge is 0.251 e. The molecule has 0 aliphatic rings. The second kappa shape index (κ2) is 6.62. The maximum absolute atomic E-state index is 11.9. The van der Waals surface area contributed by atoms with Crippen LogP contribution in [0.15, 0.2) is 18.2 Å². The summed E-state index contributed by atoms with van der Waals surface area (Å²) < 4.78 is 0. The molecule has 1 unspecified atom stereocenters. The third kappa shape index (κ3) is 4.36. The van der Waals surface area contributed by atoms with E-state index in [0.29, 0.717) is 17.0 Å². The molecule has 0 fully saturated rings. The van der Waals surface area contributed by atoms with Gasteiger partial charge in [-0.15, -0.1) is 0 Å². The van der Waals surface area contributed by atoms with Gasteiger partial charge in [-0.05, 0) is 50.5 Å². The number of rotatable bonds is 5. The molecule has 0 aromatic heterocycles. The lowest BCUT2D eigenvalue weighted by molar-refractivity contribution is 0.0936. The summed E-state index contributed by atoms with van der Waals surface area (Å²) in [6.07, 6.45) is 1.47. The van der Waals surface area contributed by atoms with Crippen molar-refractivity contribution >= 4 is 17.5 Å². The number of aryl methyl sites for hydroxylation is 1. The first-order valence-electron chi connectivity index (χ1n) is 5.72. The summed E-state index contributed by atoms with van der Waals surface area (Å²) in [4.78, 5) is 11.9. The first-order valence-corrected chi connectivity index (χ1v) is 6.10. The van der Waals surface area contributed by atoms with Gasteiger partial charge in [0.1, 0.15) is 0 Å². The van der Waals surface area contributed by atoms with E-state index in [9.17, 15) is 4.79 Å². The molecule has 0 aliphatic heterocycles. The lowest BCUT2D eigenvalue weighted by atomic mass is 10.1. The number of carbonyl (C=O) groups is 1. The largest absolute Gasteiger partial charge is 0.396 e. The van der Waals surface area contributed by atoms with Crippen LogP contribution in [-0.4, -0.2) is 23.7 Å². The molecule has 4 heteroatoms. The molecule has 1 atom stereocenters. The standard InChI is InChI=1S/C13H18ClNO2/c1-9-8-11(5-6-12(9)14)13(17)15-10(2)4-3-7-16/h5-6,8,10,16H,3-4,7H2,1-2H3,(H,15,17). The van der Waals surface area contributed by atoms with Crippen LogP contribution in [0.25, 0.3) is 0 Å². The van der Waals surface area contributed by atoms with Crippen LogP contribution in [0.1, 0.15) is 35.7 Å². The van der Waals surface area contributed by atoms with Gasteiger partial charge in [0.25, 0.3) is 5.91 Å². The highest BCUT2D eigenvalue weighted by Crippen LogP contribution is 2.16. The highest BCUT2D eigenvalue weighted by molar-refractivity contribution is 6.31. The molecule has 0 aliphatic carbocycles. The first-order chi connectivity index (χ1) is 8.04. The fourth-order valence-electron chi connectivity index (χ4n) is 1.56. The van der Waals surface area contributed by atoms with Crippen molar-refractivity contribution in [3.8, 4) is 0 Å². The van der Waals surface area contributed by atoms with Crippen molar-refractivity contribution in [1.82, 2.24) is 5.32 Å². The Kier molecular flexibility index (Phi) is 5.45. The summed E-state index contributed by atoms with van der Waals surface area (Å²) in [7, 11) is 0. The number of aliphatic hydroxyl groups is 1. The summed E-state index contributed by atoms with van der Waals surface area (Å²) in [6.45, 7) is 3.95. The number of hydrogen-bond donors (Lipinski definition) is 2. The van der Waals surface area contributed by atoms with E-state index < -0.39 is 0 Å². The van der Waals surface area contributed by atoms with Crippen molar-refractivity contribution < 1.29 is 9.90 Å². The SMILES string of the molecule is Cc1cc(C(=O)NC(C)CCCO)ccc1Cl. The molecule has 1 rings (SSSR count). The van der Waals surface area contributed by atoms with E-state index in [0.717, 1.165) is 12.0 Å². The maximum Gasteiger partial charge on any atom is 0.251 e. The molecular weight excluding hydrogens is 238 g/mol. The summed E-state index contributed by atoms with van der Waals surface area (Å²) in [5.74, 6) is -0.102. The molecular formula is C13H18ClNO2. The first kappa shape index (κ1) is 14.0. The highest BCUT2D eigenvalue weighted by atomic mass is 35.5. The van der Waals surface area contributed by atoms with Crippen molar-refractivity contribution in [2.45, 2.75) is 32.7 Å². The number of hydrogen-bond acceptors (Lipinski definition) is 2. The molecule has 0 heterocycles. The maximum atomic E-state index is 11.9. The Morgan fingerprint density at radius 2 is 2.24 bits per heavy atom. The molecule has 1 amide bonds. The number of aliphatic hydroxyl groups excluding tert-OH is 1. The van der Waals surface area contributed by atoms with Crippen molar-refractivity contribution in [3.63, 3.8) is 0 Å². The Bertz CT molecular complexity index is 393. The molecule has 0 spiro atoms. The Balaban J connectivity index is 2.60. The average molecular weight is 256 g/mol. The third-order valence-electron chi connectivity index (χ3n) is 2.59. The van der Waals surface area contributed by atoms with E-state index in [4.69, 9.17) is 16.7 Å². The van der Waals surface area contributed by atoms with Crippen LogP contribution in [-0.2, 0) is 0 Å². The van der Waals surface area contributed by atoms with Gasteiger partial charge in [-0.25, -0.2) is 0 Å². The molecule has 1 aromatic rings. The molecule has 0 radical (unpaired) electrons. The van der Waals surface area contributed by atoms with Gasteiger partial charge >= 0.3 is 0 Å². The molecule has 0 bridgehead atoms. The van der Waals surface area contributed by atoms with E-state index in [1.54, 1.807) is 18.2 Å². The summed E-state index contributed by atoms with van der Waals surface area (Å²) in [5, 5.41) is 12.3. The lowest BCUT2D eigenvalue weighted by Gasteiger charge is -2.13. The topological polar surface area (TPSA) is 49.3 Å². The zero-order valence-corrected chi connectivity index (χ0v) is 10.9. The number of halogens is 1. The number of nitrogens with one attached hydrogen (secondary N) is 1. The number of amides is 1. The molecule has 17 heavy (non-hydrogen) atoms. The van der Waals surface area contributed by atoms with Crippen LogP contribution in [0.4, 0.5) is 0 Å². The number of benzene rings is 1. The van der Waals surface area contributed by atoms with Gasteiger partial charge < -0.3 is 10.4 Å². The monoisotopic (exact) mass is 255 g/mol. The minimum absolute atomic E-state index is 0.0608. The molecule has 2 N–H and O–H groups in total. The fraction of sp³-hybridized carbons (Fsp3) is 0.462. The Morgan fingerprint density at radius 1 is 1.53 bits per heavy atom. The van der Waals surface area contributed by atoms with Crippen LogP contribution in [0.5, 0.6) is 0 Å². The molecule has 0 saturated heterocycles. The Hall–Kier alpha value is -1.06. The summed E-state index contributed by atoms with van der Waals surface area (Å²) in [6, 6.07) is 5.27.